The number of halogens is 1. The van der Waals surface area contributed by atoms with Gasteiger partial charge in [0.2, 0.25) is 0 Å². The Kier molecular flexibility index (Phi) is 4.68. The molecule has 1 heterocycles. The molecule has 98 valence electrons. The van der Waals surface area contributed by atoms with Gasteiger partial charge in [0.1, 0.15) is 4.60 Å². The van der Waals surface area contributed by atoms with Crippen molar-refractivity contribution in [3.8, 4) is 0 Å². The molecule has 0 unspecified atom stereocenters. The Bertz CT molecular complexity index is 557. The number of hydrogen-bond acceptors (Lipinski definition) is 2. The van der Waals surface area contributed by atoms with E-state index in [0.717, 1.165) is 5.56 Å². The average molecular weight is 319 g/mol. The number of pyridine rings is 1. The van der Waals surface area contributed by atoms with Crippen LogP contribution in [0.4, 0.5) is 0 Å². The molecule has 0 fully saturated rings. The van der Waals surface area contributed by atoms with E-state index in [1.165, 1.54) is 0 Å². The standard InChI is InChI=1S/C15H15BrN2O/c1-2-18(11-12-6-4-3-5-7-12)15(19)13-8-9-17-14(16)10-13/h3-10H,2,11H2,1H3. The lowest BCUT2D eigenvalue weighted by molar-refractivity contribution is 0.0752. The number of carbonyl (C=O) groups is 1. The van der Waals surface area contributed by atoms with Crippen molar-refractivity contribution >= 4 is 21.8 Å². The molecule has 0 bridgehead atoms. The maximum atomic E-state index is 12.4. The Hall–Kier alpha value is -1.68. The van der Waals surface area contributed by atoms with Crippen LogP contribution in [0.15, 0.2) is 53.3 Å². The van der Waals surface area contributed by atoms with Crippen molar-refractivity contribution in [2.45, 2.75) is 13.5 Å². The summed E-state index contributed by atoms with van der Waals surface area (Å²) in [6.07, 6.45) is 1.63. The normalized spacial score (nSPS) is 10.2. The first-order chi connectivity index (χ1) is 9.20. The Morgan fingerprint density at radius 3 is 2.63 bits per heavy atom. The third-order valence-corrected chi connectivity index (χ3v) is 3.29. The zero-order valence-corrected chi connectivity index (χ0v) is 12.3. The van der Waals surface area contributed by atoms with E-state index in [9.17, 15) is 4.79 Å². The van der Waals surface area contributed by atoms with E-state index in [-0.39, 0.29) is 5.91 Å². The smallest absolute Gasteiger partial charge is 0.254 e. The average Bonchev–Trinajstić information content (AvgIpc) is 2.45. The van der Waals surface area contributed by atoms with E-state index in [2.05, 4.69) is 20.9 Å². The third-order valence-electron chi connectivity index (χ3n) is 2.86. The van der Waals surface area contributed by atoms with Crippen molar-refractivity contribution in [1.82, 2.24) is 9.88 Å². The van der Waals surface area contributed by atoms with Crippen molar-refractivity contribution in [2.75, 3.05) is 6.54 Å². The molecule has 2 rings (SSSR count). The fourth-order valence-electron chi connectivity index (χ4n) is 1.85. The van der Waals surface area contributed by atoms with E-state index in [4.69, 9.17) is 0 Å². The summed E-state index contributed by atoms with van der Waals surface area (Å²) in [5, 5.41) is 0. The molecule has 0 radical (unpaired) electrons. The van der Waals surface area contributed by atoms with Crippen molar-refractivity contribution in [3.05, 3.63) is 64.4 Å². The highest BCUT2D eigenvalue weighted by atomic mass is 79.9. The van der Waals surface area contributed by atoms with E-state index in [1.54, 1.807) is 18.3 Å². The number of rotatable bonds is 4. The highest BCUT2D eigenvalue weighted by Gasteiger charge is 2.14. The van der Waals surface area contributed by atoms with E-state index < -0.39 is 0 Å². The predicted molar refractivity (Wildman–Crippen MR) is 78.8 cm³/mol. The Morgan fingerprint density at radius 2 is 2.00 bits per heavy atom. The number of aromatic nitrogens is 1. The van der Waals surface area contributed by atoms with Gasteiger partial charge in [-0.25, -0.2) is 4.98 Å². The summed E-state index contributed by atoms with van der Waals surface area (Å²) in [7, 11) is 0. The Labute approximate surface area is 121 Å². The zero-order chi connectivity index (χ0) is 13.7. The molecule has 4 heteroatoms. The third kappa shape index (κ3) is 3.64. The second kappa shape index (κ2) is 6.48. The van der Waals surface area contributed by atoms with Crippen LogP contribution < -0.4 is 0 Å². The van der Waals surface area contributed by atoms with E-state index >= 15 is 0 Å². The molecule has 19 heavy (non-hydrogen) atoms. The fraction of sp³-hybridized carbons (Fsp3) is 0.200. The number of nitrogens with zero attached hydrogens (tertiary/aromatic N) is 2. The topological polar surface area (TPSA) is 33.2 Å². The van der Waals surface area contributed by atoms with Crippen LogP contribution in [0.2, 0.25) is 0 Å². The monoisotopic (exact) mass is 318 g/mol. The second-order valence-electron chi connectivity index (χ2n) is 4.17. The largest absolute Gasteiger partial charge is 0.335 e. The molecule has 0 saturated carbocycles. The van der Waals surface area contributed by atoms with Gasteiger partial charge in [0, 0.05) is 24.8 Å². The van der Waals surface area contributed by atoms with Gasteiger partial charge in [-0.3, -0.25) is 4.79 Å². The van der Waals surface area contributed by atoms with Crippen LogP contribution in [0.3, 0.4) is 0 Å². The molecular weight excluding hydrogens is 304 g/mol. The van der Waals surface area contributed by atoms with Gasteiger partial charge in [-0.1, -0.05) is 30.3 Å². The maximum Gasteiger partial charge on any atom is 0.254 e. The summed E-state index contributed by atoms with van der Waals surface area (Å²) >= 11 is 3.29. The van der Waals surface area contributed by atoms with Gasteiger partial charge in [-0.2, -0.15) is 0 Å². The van der Waals surface area contributed by atoms with Gasteiger partial charge in [0.25, 0.3) is 5.91 Å². The van der Waals surface area contributed by atoms with Crippen LogP contribution in [0, 0.1) is 0 Å². The molecule has 1 aromatic heterocycles. The van der Waals surface area contributed by atoms with Crippen molar-refractivity contribution < 1.29 is 4.79 Å². The summed E-state index contributed by atoms with van der Waals surface area (Å²) in [4.78, 5) is 18.3. The highest BCUT2D eigenvalue weighted by molar-refractivity contribution is 9.10. The molecule has 1 amide bonds. The van der Waals surface area contributed by atoms with Crippen molar-refractivity contribution in [1.29, 1.82) is 0 Å². The first-order valence-electron chi connectivity index (χ1n) is 6.15. The SMILES string of the molecule is CCN(Cc1ccccc1)C(=O)c1ccnc(Br)c1. The highest BCUT2D eigenvalue weighted by Crippen LogP contribution is 2.13. The van der Waals surface area contributed by atoms with Gasteiger partial charge in [0.15, 0.2) is 0 Å². The quantitative estimate of drug-likeness (QED) is 0.808. The molecule has 0 atom stereocenters. The van der Waals surface area contributed by atoms with Crippen LogP contribution in [0.5, 0.6) is 0 Å². The van der Waals surface area contributed by atoms with E-state index in [0.29, 0.717) is 23.3 Å². The van der Waals surface area contributed by atoms with Crippen molar-refractivity contribution in [3.63, 3.8) is 0 Å². The summed E-state index contributed by atoms with van der Waals surface area (Å²) in [5.74, 6) is 0.0226. The Balaban J connectivity index is 2.16. The number of amides is 1. The molecule has 1 aromatic carbocycles. The van der Waals surface area contributed by atoms with Gasteiger partial charge >= 0.3 is 0 Å². The maximum absolute atomic E-state index is 12.4. The van der Waals surface area contributed by atoms with Crippen LogP contribution in [-0.4, -0.2) is 22.3 Å². The van der Waals surface area contributed by atoms with Crippen LogP contribution in [0.1, 0.15) is 22.8 Å². The van der Waals surface area contributed by atoms with Crippen LogP contribution in [0.25, 0.3) is 0 Å². The summed E-state index contributed by atoms with van der Waals surface area (Å²) in [6.45, 7) is 3.28. The van der Waals surface area contributed by atoms with Crippen LogP contribution in [-0.2, 0) is 6.54 Å². The molecular formula is C15H15BrN2O. The van der Waals surface area contributed by atoms with Crippen LogP contribution >= 0.6 is 15.9 Å². The number of carbonyl (C=O) groups excluding carboxylic acids is 1. The van der Waals surface area contributed by atoms with E-state index in [1.807, 2.05) is 42.2 Å². The Morgan fingerprint density at radius 1 is 1.26 bits per heavy atom. The van der Waals surface area contributed by atoms with Crippen molar-refractivity contribution in [2.24, 2.45) is 0 Å². The van der Waals surface area contributed by atoms with Gasteiger partial charge in [-0.15, -0.1) is 0 Å². The van der Waals surface area contributed by atoms with Gasteiger partial charge < -0.3 is 4.90 Å². The lowest BCUT2D eigenvalue weighted by Gasteiger charge is -2.21. The first-order valence-corrected chi connectivity index (χ1v) is 6.94. The molecule has 0 spiro atoms. The van der Waals surface area contributed by atoms with Gasteiger partial charge in [0.05, 0.1) is 0 Å². The predicted octanol–water partition coefficient (Wildman–Crippen LogP) is 3.51. The first kappa shape index (κ1) is 13.7. The minimum Gasteiger partial charge on any atom is -0.335 e. The zero-order valence-electron chi connectivity index (χ0n) is 10.7. The lowest BCUT2D eigenvalue weighted by atomic mass is 10.2. The van der Waals surface area contributed by atoms with Gasteiger partial charge in [-0.05, 0) is 40.5 Å². The molecule has 3 nitrogen and oxygen atoms in total. The minimum absolute atomic E-state index is 0.0226. The molecule has 0 aliphatic heterocycles. The fourth-order valence-corrected chi connectivity index (χ4v) is 2.21. The molecule has 0 aliphatic carbocycles. The minimum atomic E-state index is 0.0226. The molecule has 0 N–H and O–H groups in total. The second-order valence-corrected chi connectivity index (χ2v) is 4.98. The summed E-state index contributed by atoms with van der Waals surface area (Å²) < 4.78 is 0.675. The summed E-state index contributed by atoms with van der Waals surface area (Å²) in [6, 6.07) is 13.5. The lowest BCUT2D eigenvalue weighted by Crippen LogP contribution is -2.30. The number of benzene rings is 1. The molecule has 0 aliphatic rings. The molecule has 0 saturated heterocycles. The molecule has 2 aromatic rings. The summed E-state index contributed by atoms with van der Waals surface area (Å²) in [5.41, 5.74) is 1.78. The number of hydrogen-bond donors (Lipinski definition) is 0.